The van der Waals surface area contributed by atoms with Gasteiger partial charge in [-0.1, -0.05) is 43.3 Å². The Morgan fingerprint density at radius 3 is 2.85 bits per heavy atom. The summed E-state index contributed by atoms with van der Waals surface area (Å²) in [5.74, 6) is 0.285. The Balaban J connectivity index is 1.66. The van der Waals surface area contributed by atoms with Gasteiger partial charge in [-0.25, -0.2) is 12.8 Å². The topological polar surface area (TPSA) is 94.4 Å². The van der Waals surface area contributed by atoms with E-state index in [-0.39, 0.29) is 41.6 Å². The molecule has 1 amide bonds. The lowest BCUT2D eigenvalue weighted by molar-refractivity contribution is -0.130. The maximum atomic E-state index is 13.8. The summed E-state index contributed by atoms with van der Waals surface area (Å²) in [6, 6.07) is 5.84. The first-order valence-electron chi connectivity index (χ1n) is 10.9. The summed E-state index contributed by atoms with van der Waals surface area (Å²) in [6.07, 6.45) is 3.89. The van der Waals surface area contributed by atoms with E-state index < -0.39 is 15.7 Å². The van der Waals surface area contributed by atoms with Crippen LogP contribution in [0.25, 0.3) is 0 Å². The van der Waals surface area contributed by atoms with Crippen molar-refractivity contribution in [2.45, 2.75) is 50.5 Å². The van der Waals surface area contributed by atoms with E-state index in [0.717, 1.165) is 12.8 Å². The highest BCUT2D eigenvalue weighted by Gasteiger charge is 2.34. The quantitative estimate of drug-likeness (QED) is 0.329. The molecule has 0 spiro atoms. The van der Waals surface area contributed by atoms with Crippen LogP contribution in [0.1, 0.15) is 32.0 Å². The fourth-order valence-electron chi connectivity index (χ4n) is 3.62. The van der Waals surface area contributed by atoms with Crippen molar-refractivity contribution in [3.8, 4) is 5.75 Å². The first kappa shape index (κ1) is 25.2. The van der Waals surface area contributed by atoms with Crippen molar-refractivity contribution >= 4 is 27.5 Å². The van der Waals surface area contributed by atoms with Gasteiger partial charge in [0.15, 0.2) is 32.4 Å². The second-order valence-corrected chi connectivity index (χ2v) is 11.0. The summed E-state index contributed by atoms with van der Waals surface area (Å²) >= 11 is 1.23. The van der Waals surface area contributed by atoms with Gasteiger partial charge in [0.1, 0.15) is 6.61 Å². The molecule has 8 nitrogen and oxygen atoms in total. The maximum Gasteiger partial charge on any atom is 0.233 e. The van der Waals surface area contributed by atoms with Crippen LogP contribution < -0.4 is 4.74 Å². The number of nitrogens with zero attached hydrogens (tertiary/aromatic N) is 4. The van der Waals surface area contributed by atoms with E-state index in [1.807, 2.05) is 6.92 Å². The van der Waals surface area contributed by atoms with E-state index in [1.54, 1.807) is 27.7 Å². The highest BCUT2D eigenvalue weighted by atomic mass is 32.2. The molecular formula is C22H29FN4O4S2. The average Bonchev–Trinajstić information content (AvgIpc) is 3.34. The predicted molar refractivity (Wildman–Crippen MR) is 125 cm³/mol. The van der Waals surface area contributed by atoms with Crippen LogP contribution in [0.3, 0.4) is 0 Å². The number of benzene rings is 1. The number of halogens is 1. The average molecular weight is 497 g/mol. The summed E-state index contributed by atoms with van der Waals surface area (Å²) < 4.78 is 45.0. The lowest BCUT2D eigenvalue weighted by Crippen LogP contribution is -2.42. The molecule has 180 valence electrons. The molecular weight excluding hydrogens is 467 g/mol. The molecule has 2 heterocycles. The van der Waals surface area contributed by atoms with Crippen LogP contribution in [0, 0.1) is 5.82 Å². The maximum absolute atomic E-state index is 13.8. The lowest BCUT2D eigenvalue weighted by atomic mass is 10.2. The number of rotatable bonds is 12. The van der Waals surface area contributed by atoms with Gasteiger partial charge in [-0.05, 0) is 25.0 Å². The fourth-order valence-corrected chi connectivity index (χ4v) is 6.20. The molecule has 1 aliphatic rings. The molecule has 0 N–H and O–H groups in total. The van der Waals surface area contributed by atoms with Crippen molar-refractivity contribution in [3.63, 3.8) is 0 Å². The number of para-hydroxylation sites is 1. The first-order valence-corrected chi connectivity index (χ1v) is 13.7. The smallest absolute Gasteiger partial charge is 0.233 e. The van der Waals surface area contributed by atoms with E-state index in [9.17, 15) is 17.6 Å². The first-order chi connectivity index (χ1) is 15.8. The van der Waals surface area contributed by atoms with E-state index >= 15 is 0 Å². The van der Waals surface area contributed by atoms with E-state index in [0.29, 0.717) is 30.5 Å². The van der Waals surface area contributed by atoms with Gasteiger partial charge in [-0.15, -0.1) is 16.8 Å². The molecule has 0 saturated carbocycles. The second-order valence-electron chi connectivity index (χ2n) is 7.80. The van der Waals surface area contributed by atoms with Gasteiger partial charge in [0.25, 0.3) is 0 Å². The summed E-state index contributed by atoms with van der Waals surface area (Å²) in [7, 11) is -3.09. The minimum absolute atomic E-state index is 0.0127. The van der Waals surface area contributed by atoms with Crippen LogP contribution >= 0.6 is 11.8 Å². The van der Waals surface area contributed by atoms with Crippen LogP contribution in [0.5, 0.6) is 5.75 Å². The summed E-state index contributed by atoms with van der Waals surface area (Å²) in [6.45, 7) is 6.74. The van der Waals surface area contributed by atoms with E-state index in [1.165, 1.54) is 23.9 Å². The van der Waals surface area contributed by atoms with Crippen molar-refractivity contribution in [2.75, 3.05) is 23.8 Å². The van der Waals surface area contributed by atoms with Gasteiger partial charge >= 0.3 is 0 Å². The van der Waals surface area contributed by atoms with Crippen LogP contribution in [-0.4, -0.2) is 63.8 Å². The van der Waals surface area contributed by atoms with E-state index in [4.69, 9.17) is 4.74 Å². The SMILES string of the molecule is C=CCn1c(COc2ccccc2F)nnc1SCC(=O)N(CCCC)C1CCS(=O)(=O)C1. The number of amides is 1. The molecule has 11 heteroatoms. The number of carbonyl (C=O) groups is 1. The summed E-state index contributed by atoms with van der Waals surface area (Å²) in [4.78, 5) is 14.7. The minimum Gasteiger partial charge on any atom is -0.483 e. The Labute approximate surface area is 198 Å². The number of thioether (sulfide) groups is 1. The largest absolute Gasteiger partial charge is 0.483 e. The molecule has 3 rings (SSSR count). The Morgan fingerprint density at radius 2 is 2.18 bits per heavy atom. The fraction of sp³-hybridized carbons (Fsp3) is 0.500. The van der Waals surface area contributed by atoms with Crippen LogP contribution in [-0.2, 0) is 27.8 Å². The number of ether oxygens (including phenoxy) is 1. The molecule has 0 aliphatic carbocycles. The molecule has 2 aromatic rings. The Hall–Kier alpha value is -2.40. The number of hydrogen-bond acceptors (Lipinski definition) is 7. The Morgan fingerprint density at radius 1 is 1.39 bits per heavy atom. The number of hydrogen-bond donors (Lipinski definition) is 0. The normalized spacial score (nSPS) is 17.1. The van der Waals surface area contributed by atoms with Crippen LogP contribution in [0.15, 0.2) is 42.1 Å². The van der Waals surface area contributed by atoms with Crippen molar-refractivity contribution in [3.05, 3.63) is 48.6 Å². The van der Waals surface area contributed by atoms with Gasteiger partial charge in [0.05, 0.1) is 17.3 Å². The highest BCUT2D eigenvalue weighted by molar-refractivity contribution is 7.99. The third-order valence-electron chi connectivity index (χ3n) is 5.35. The third kappa shape index (κ3) is 6.80. The zero-order valence-electron chi connectivity index (χ0n) is 18.7. The Kier molecular flexibility index (Phi) is 8.90. The molecule has 1 saturated heterocycles. The molecule has 0 radical (unpaired) electrons. The lowest BCUT2D eigenvalue weighted by Gasteiger charge is -2.28. The Bertz CT molecular complexity index is 1070. The number of aromatic nitrogens is 3. The molecule has 1 aromatic carbocycles. The molecule has 1 atom stereocenters. The van der Waals surface area contributed by atoms with Gasteiger partial charge in [-0.2, -0.15) is 0 Å². The molecule has 0 bridgehead atoms. The summed E-state index contributed by atoms with van der Waals surface area (Å²) in [5.41, 5.74) is 0. The van der Waals surface area contributed by atoms with Crippen molar-refractivity contribution in [1.29, 1.82) is 0 Å². The number of unbranched alkanes of at least 4 members (excludes halogenated alkanes) is 1. The second kappa shape index (κ2) is 11.6. The molecule has 1 unspecified atom stereocenters. The third-order valence-corrected chi connectivity index (χ3v) is 8.05. The van der Waals surface area contributed by atoms with Gasteiger partial charge in [0.2, 0.25) is 5.91 Å². The summed E-state index contributed by atoms with van der Waals surface area (Å²) in [5, 5.41) is 8.83. The van der Waals surface area contributed by atoms with Crippen molar-refractivity contribution in [2.24, 2.45) is 0 Å². The number of sulfone groups is 1. The van der Waals surface area contributed by atoms with Gasteiger partial charge < -0.3 is 9.64 Å². The molecule has 1 fully saturated rings. The highest BCUT2D eigenvalue weighted by Crippen LogP contribution is 2.23. The number of carbonyl (C=O) groups excluding carboxylic acids is 1. The zero-order chi connectivity index (χ0) is 23.8. The van der Waals surface area contributed by atoms with E-state index in [2.05, 4.69) is 16.8 Å². The molecule has 1 aliphatic heterocycles. The zero-order valence-corrected chi connectivity index (χ0v) is 20.3. The van der Waals surface area contributed by atoms with Crippen LogP contribution in [0.4, 0.5) is 4.39 Å². The van der Waals surface area contributed by atoms with Crippen molar-refractivity contribution < 1.29 is 22.3 Å². The minimum atomic E-state index is -3.09. The van der Waals surface area contributed by atoms with Gasteiger partial charge in [-0.3, -0.25) is 9.36 Å². The van der Waals surface area contributed by atoms with Crippen LogP contribution in [0.2, 0.25) is 0 Å². The number of allylic oxidation sites excluding steroid dienone is 1. The predicted octanol–water partition coefficient (Wildman–Crippen LogP) is 3.09. The molecule has 33 heavy (non-hydrogen) atoms. The molecule has 1 aromatic heterocycles. The van der Waals surface area contributed by atoms with Crippen molar-refractivity contribution in [1.82, 2.24) is 19.7 Å². The monoisotopic (exact) mass is 496 g/mol. The van der Waals surface area contributed by atoms with Gasteiger partial charge in [0, 0.05) is 19.1 Å². The standard InChI is InChI=1S/C22H29FN4O4S2/c1-3-5-12-26(17-10-13-33(29,30)16-17)21(28)15-32-22-25-24-20(27(22)11-4-2)14-31-19-9-7-6-8-18(19)23/h4,6-9,17H,2-3,5,10-16H2,1H3.